The normalized spacial score (nSPS) is 22.3. The van der Waals surface area contributed by atoms with Gasteiger partial charge in [-0.05, 0) is 39.5 Å². The van der Waals surface area contributed by atoms with Crippen LogP contribution in [0.4, 0.5) is 4.79 Å². The van der Waals surface area contributed by atoms with Gasteiger partial charge >= 0.3 is 6.09 Å². The van der Waals surface area contributed by atoms with Crippen molar-refractivity contribution < 1.29 is 14.3 Å². The van der Waals surface area contributed by atoms with E-state index in [1.165, 1.54) is 0 Å². The van der Waals surface area contributed by atoms with Crippen LogP contribution in [0.5, 0.6) is 0 Å². The molecule has 0 saturated carbocycles. The molecule has 128 valence electrons. The number of hydrogen-bond donors (Lipinski definition) is 1. The van der Waals surface area contributed by atoms with Crippen LogP contribution in [0.1, 0.15) is 66.7 Å². The Balaban J connectivity index is 2.63. The maximum atomic E-state index is 12.0. The van der Waals surface area contributed by atoms with E-state index >= 15 is 0 Å². The molecule has 0 radical (unpaired) electrons. The minimum atomic E-state index is -0.501. The van der Waals surface area contributed by atoms with E-state index in [0.717, 1.165) is 32.2 Å². The fourth-order valence-electron chi connectivity index (χ4n) is 2.91. The van der Waals surface area contributed by atoms with E-state index in [2.05, 4.69) is 12.2 Å². The van der Waals surface area contributed by atoms with Gasteiger partial charge in [-0.2, -0.15) is 0 Å². The van der Waals surface area contributed by atoms with Crippen LogP contribution in [-0.4, -0.2) is 41.6 Å². The third kappa shape index (κ3) is 6.67. The number of amides is 2. The number of carbonyl (C=O) groups excluding carboxylic acids is 2. The molecule has 1 aliphatic heterocycles. The number of nitrogens with one attached hydrogen (secondary N) is 1. The topological polar surface area (TPSA) is 58.6 Å². The lowest BCUT2D eigenvalue weighted by molar-refractivity contribution is -0.133. The van der Waals surface area contributed by atoms with Crippen molar-refractivity contribution in [1.29, 1.82) is 0 Å². The molecule has 0 aromatic carbocycles. The van der Waals surface area contributed by atoms with E-state index in [1.54, 1.807) is 0 Å². The Morgan fingerprint density at radius 2 is 1.91 bits per heavy atom. The fraction of sp³-hybridized carbons (Fsp3) is 0.882. The summed E-state index contributed by atoms with van der Waals surface area (Å²) in [6.45, 7) is 11.0. The van der Waals surface area contributed by atoms with Gasteiger partial charge < -0.3 is 15.0 Å². The summed E-state index contributed by atoms with van der Waals surface area (Å²) < 4.78 is 5.33. The molecule has 1 fully saturated rings. The molecule has 1 saturated heterocycles. The summed E-state index contributed by atoms with van der Waals surface area (Å²) in [6.07, 6.45) is 4.47. The van der Waals surface area contributed by atoms with Crippen LogP contribution in [0.3, 0.4) is 0 Å². The highest BCUT2D eigenvalue weighted by Gasteiger charge is 2.30. The second-order valence-electron chi connectivity index (χ2n) is 7.24. The van der Waals surface area contributed by atoms with Crippen LogP contribution in [0.2, 0.25) is 0 Å². The molecule has 2 unspecified atom stereocenters. The van der Waals surface area contributed by atoms with Crippen molar-refractivity contribution in [3.05, 3.63) is 0 Å². The smallest absolute Gasteiger partial charge is 0.407 e. The molecule has 0 aliphatic carbocycles. The third-order valence-corrected chi connectivity index (χ3v) is 3.88. The number of hydrogen-bond acceptors (Lipinski definition) is 3. The van der Waals surface area contributed by atoms with Gasteiger partial charge in [-0.15, -0.1) is 0 Å². The molecule has 0 aromatic heterocycles. The van der Waals surface area contributed by atoms with Gasteiger partial charge in [0, 0.05) is 19.5 Å². The minimum absolute atomic E-state index is 0.0130. The average molecular weight is 312 g/mol. The van der Waals surface area contributed by atoms with Crippen LogP contribution >= 0.6 is 0 Å². The molecular formula is C17H32N2O3. The monoisotopic (exact) mass is 312 g/mol. The van der Waals surface area contributed by atoms with E-state index in [-0.39, 0.29) is 11.9 Å². The molecule has 1 heterocycles. The van der Waals surface area contributed by atoms with Gasteiger partial charge in [0.25, 0.3) is 0 Å². The molecule has 0 spiro atoms. The summed E-state index contributed by atoms with van der Waals surface area (Å²) >= 11 is 0. The number of carbonyl (C=O) groups is 2. The van der Waals surface area contributed by atoms with E-state index in [1.807, 2.05) is 32.6 Å². The first-order valence-electron chi connectivity index (χ1n) is 8.52. The third-order valence-electron chi connectivity index (χ3n) is 3.88. The Kier molecular flexibility index (Phi) is 7.17. The first-order chi connectivity index (χ1) is 10.2. The Hall–Kier alpha value is -1.26. The lowest BCUT2D eigenvalue weighted by atomic mass is 9.89. The molecule has 2 atom stereocenters. The van der Waals surface area contributed by atoms with Crippen LogP contribution in [0.25, 0.3) is 0 Å². The zero-order valence-corrected chi connectivity index (χ0v) is 14.8. The van der Waals surface area contributed by atoms with Gasteiger partial charge in [0.15, 0.2) is 0 Å². The molecule has 1 rings (SSSR count). The number of unbranched alkanes of at least 4 members (excludes halogenated alkanes) is 1. The van der Waals surface area contributed by atoms with Gasteiger partial charge in [-0.3, -0.25) is 4.79 Å². The SMILES string of the molecule is CCCCC1CC(NC(=O)OC(C)(C)C)CN(C(=O)CC)C1. The second-order valence-corrected chi connectivity index (χ2v) is 7.24. The molecule has 22 heavy (non-hydrogen) atoms. The van der Waals surface area contributed by atoms with Gasteiger partial charge in [-0.1, -0.05) is 26.7 Å². The van der Waals surface area contributed by atoms with E-state index < -0.39 is 11.7 Å². The second kappa shape index (κ2) is 8.39. The molecular weight excluding hydrogens is 280 g/mol. The highest BCUT2D eigenvalue weighted by atomic mass is 16.6. The number of piperidine rings is 1. The van der Waals surface area contributed by atoms with Crippen molar-refractivity contribution >= 4 is 12.0 Å². The Bertz CT molecular complexity index is 377. The summed E-state index contributed by atoms with van der Waals surface area (Å²) in [4.78, 5) is 25.9. The fourth-order valence-corrected chi connectivity index (χ4v) is 2.91. The van der Waals surface area contributed by atoms with Gasteiger partial charge in [0.2, 0.25) is 5.91 Å². The van der Waals surface area contributed by atoms with E-state index in [0.29, 0.717) is 18.9 Å². The molecule has 0 bridgehead atoms. The first kappa shape index (κ1) is 18.8. The molecule has 1 N–H and O–H groups in total. The predicted octanol–water partition coefficient (Wildman–Crippen LogP) is 3.33. The molecule has 5 nitrogen and oxygen atoms in total. The maximum Gasteiger partial charge on any atom is 0.407 e. The number of likely N-dealkylation sites (tertiary alicyclic amines) is 1. The van der Waals surface area contributed by atoms with Crippen molar-refractivity contribution in [2.24, 2.45) is 5.92 Å². The zero-order chi connectivity index (χ0) is 16.8. The number of nitrogens with zero attached hydrogens (tertiary/aromatic N) is 1. The maximum absolute atomic E-state index is 12.0. The lowest BCUT2D eigenvalue weighted by Gasteiger charge is -2.38. The largest absolute Gasteiger partial charge is 0.444 e. The van der Waals surface area contributed by atoms with Crippen LogP contribution < -0.4 is 5.32 Å². The summed E-state index contributed by atoms with van der Waals surface area (Å²) in [5.74, 6) is 0.626. The molecule has 0 aromatic rings. The Morgan fingerprint density at radius 1 is 1.23 bits per heavy atom. The van der Waals surface area contributed by atoms with Crippen molar-refractivity contribution in [1.82, 2.24) is 10.2 Å². The predicted molar refractivity (Wildman–Crippen MR) is 87.7 cm³/mol. The number of alkyl carbamates (subject to hydrolysis) is 1. The van der Waals surface area contributed by atoms with E-state index in [9.17, 15) is 9.59 Å². The summed E-state index contributed by atoms with van der Waals surface area (Å²) in [5.41, 5.74) is -0.501. The number of rotatable bonds is 5. The van der Waals surface area contributed by atoms with Crippen LogP contribution in [0.15, 0.2) is 0 Å². The van der Waals surface area contributed by atoms with Gasteiger partial charge in [-0.25, -0.2) is 4.79 Å². The Labute approximate surface area is 134 Å². The average Bonchev–Trinajstić information content (AvgIpc) is 2.41. The summed E-state index contributed by atoms with van der Waals surface area (Å²) in [5, 5.41) is 2.94. The highest BCUT2D eigenvalue weighted by molar-refractivity contribution is 5.76. The minimum Gasteiger partial charge on any atom is -0.444 e. The standard InChI is InChI=1S/C17H32N2O3/c1-6-8-9-13-10-14(12-19(11-13)15(20)7-2)18-16(21)22-17(3,4)5/h13-14H,6-12H2,1-5H3,(H,18,21). The van der Waals surface area contributed by atoms with Crippen molar-refractivity contribution in [2.75, 3.05) is 13.1 Å². The van der Waals surface area contributed by atoms with Crippen molar-refractivity contribution in [2.45, 2.75) is 78.4 Å². The van der Waals surface area contributed by atoms with Crippen LogP contribution in [0, 0.1) is 5.92 Å². The van der Waals surface area contributed by atoms with Gasteiger partial charge in [0.1, 0.15) is 5.60 Å². The molecule has 1 aliphatic rings. The molecule has 2 amide bonds. The highest BCUT2D eigenvalue weighted by Crippen LogP contribution is 2.23. The lowest BCUT2D eigenvalue weighted by Crippen LogP contribution is -2.53. The van der Waals surface area contributed by atoms with Crippen molar-refractivity contribution in [3.63, 3.8) is 0 Å². The zero-order valence-electron chi connectivity index (χ0n) is 14.8. The quantitative estimate of drug-likeness (QED) is 0.847. The first-order valence-corrected chi connectivity index (χ1v) is 8.52. The number of ether oxygens (including phenoxy) is 1. The van der Waals surface area contributed by atoms with Crippen molar-refractivity contribution in [3.8, 4) is 0 Å². The van der Waals surface area contributed by atoms with Crippen LogP contribution in [-0.2, 0) is 9.53 Å². The van der Waals surface area contributed by atoms with E-state index in [4.69, 9.17) is 4.74 Å². The summed E-state index contributed by atoms with van der Waals surface area (Å²) in [6, 6.07) is -0.0130. The summed E-state index contributed by atoms with van der Waals surface area (Å²) in [7, 11) is 0. The van der Waals surface area contributed by atoms with Gasteiger partial charge in [0.05, 0.1) is 6.04 Å². The Morgan fingerprint density at radius 3 is 2.45 bits per heavy atom. The molecule has 5 heteroatoms.